The highest BCUT2D eigenvalue weighted by Crippen LogP contribution is 2.46. The van der Waals surface area contributed by atoms with Crippen LogP contribution in [0.1, 0.15) is 50.4 Å². The molecule has 28 heavy (non-hydrogen) atoms. The lowest BCUT2D eigenvalue weighted by molar-refractivity contribution is -0.274. The molecule has 1 atom stereocenters. The summed E-state index contributed by atoms with van der Waals surface area (Å²) < 4.78 is 42.6. The standard InChI is InChI=1S/C18H19F3N4O2S/c1-10(16(26)22-12-4-8-14(9-5-12)27-18(19,20)21)28-17-24-23-15(11-2-3-11)25(17)13-6-7-13/h4-5,8-11,13H,2-3,6-7H2,1H3,(H,22,26). The fourth-order valence-electron chi connectivity index (χ4n) is 2.86. The maximum Gasteiger partial charge on any atom is 0.573 e. The highest BCUT2D eigenvalue weighted by molar-refractivity contribution is 8.00. The zero-order chi connectivity index (χ0) is 19.9. The Bertz CT molecular complexity index is 861. The molecule has 10 heteroatoms. The summed E-state index contributed by atoms with van der Waals surface area (Å²) in [5.74, 6) is 0.924. The Morgan fingerprint density at radius 2 is 1.89 bits per heavy atom. The Hall–Kier alpha value is -2.23. The Labute approximate surface area is 163 Å². The van der Waals surface area contributed by atoms with E-state index in [1.807, 2.05) is 0 Å². The molecule has 1 unspecified atom stereocenters. The topological polar surface area (TPSA) is 69.0 Å². The van der Waals surface area contributed by atoms with Gasteiger partial charge in [0.2, 0.25) is 5.91 Å². The summed E-state index contributed by atoms with van der Waals surface area (Å²) in [5.41, 5.74) is 0.398. The number of benzene rings is 1. The Kier molecular flexibility index (Phi) is 4.98. The zero-order valence-corrected chi connectivity index (χ0v) is 15.9. The first-order valence-electron chi connectivity index (χ1n) is 9.08. The van der Waals surface area contributed by atoms with Crippen molar-refractivity contribution in [2.45, 2.75) is 61.3 Å². The van der Waals surface area contributed by atoms with E-state index >= 15 is 0 Å². The van der Waals surface area contributed by atoms with E-state index < -0.39 is 11.6 Å². The minimum atomic E-state index is -4.74. The van der Waals surface area contributed by atoms with Crippen LogP contribution in [0.5, 0.6) is 5.75 Å². The van der Waals surface area contributed by atoms with Crippen LogP contribution in [-0.2, 0) is 4.79 Å². The summed E-state index contributed by atoms with van der Waals surface area (Å²) in [6.45, 7) is 1.77. The van der Waals surface area contributed by atoms with Gasteiger partial charge in [0.05, 0.1) is 5.25 Å². The molecule has 4 rings (SSSR count). The largest absolute Gasteiger partial charge is 0.573 e. The van der Waals surface area contributed by atoms with Crippen molar-refractivity contribution in [3.8, 4) is 5.75 Å². The Morgan fingerprint density at radius 3 is 2.46 bits per heavy atom. The third-order valence-electron chi connectivity index (χ3n) is 4.55. The van der Waals surface area contributed by atoms with Gasteiger partial charge >= 0.3 is 6.36 Å². The monoisotopic (exact) mass is 412 g/mol. The minimum Gasteiger partial charge on any atom is -0.406 e. The van der Waals surface area contributed by atoms with Gasteiger partial charge in [0, 0.05) is 17.6 Å². The number of rotatable bonds is 7. The van der Waals surface area contributed by atoms with Crippen LogP contribution < -0.4 is 10.1 Å². The summed E-state index contributed by atoms with van der Waals surface area (Å²) in [7, 11) is 0. The fraction of sp³-hybridized carbons (Fsp3) is 0.500. The maximum absolute atomic E-state index is 12.5. The number of nitrogens with one attached hydrogen (secondary N) is 1. The van der Waals surface area contributed by atoms with E-state index in [2.05, 4.69) is 24.8 Å². The highest BCUT2D eigenvalue weighted by Gasteiger charge is 2.37. The van der Waals surface area contributed by atoms with Gasteiger partial charge in [-0.25, -0.2) is 0 Å². The van der Waals surface area contributed by atoms with Crippen LogP contribution in [0.15, 0.2) is 29.4 Å². The lowest BCUT2D eigenvalue weighted by Crippen LogP contribution is -2.23. The summed E-state index contributed by atoms with van der Waals surface area (Å²) in [4.78, 5) is 12.5. The molecule has 2 aliphatic rings. The molecule has 6 nitrogen and oxygen atoms in total. The summed E-state index contributed by atoms with van der Waals surface area (Å²) >= 11 is 1.35. The molecule has 0 spiro atoms. The first kappa shape index (κ1) is 19.1. The zero-order valence-electron chi connectivity index (χ0n) is 15.1. The molecule has 0 aliphatic heterocycles. The molecule has 1 N–H and O–H groups in total. The average Bonchev–Trinajstić information content (AvgIpc) is 3.54. The van der Waals surface area contributed by atoms with Crippen molar-refractivity contribution < 1.29 is 22.7 Å². The second-order valence-corrected chi connectivity index (χ2v) is 8.35. The van der Waals surface area contributed by atoms with Crippen LogP contribution in [0, 0.1) is 0 Å². The van der Waals surface area contributed by atoms with E-state index in [0.717, 1.165) is 48.8 Å². The SMILES string of the molecule is CC(Sc1nnc(C2CC2)n1C1CC1)C(=O)Nc1ccc(OC(F)(F)F)cc1. The van der Waals surface area contributed by atoms with Crippen molar-refractivity contribution in [3.05, 3.63) is 30.1 Å². The third-order valence-corrected chi connectivity index (χ3v) is 5.61. The van der Waals surface area contributed by atoms with Gasteiger partial charge in [-0.3, -0.25) is 4.79 Å². The molecule has 2 aliphatic carbocycles. The molecule has 2 saturated carbocycles. The van der Waals surface area contributed by atoms with Crippen LogP contribution in [0.25, 0.3) is 0 Å². The molecule has 2 fully saturated rings. The van der Waals surface area contributed by atoms with E-state index in [-0.39, 0.29) is 11.7 Å². The van der Waals surface area contributed by atoms with Crippen molar-refractivity contribution in [1.82, 2.24) is 14.8 Å². The van der Waals surface area contributed by atoms with Crippen LogP contribution in [0.4, 0.5) is 18.9 Å². The van der Waals surface area contributed by atoms with E-state index in [9.17, 15) is 18.0 Å². The molecule has 0 bridgehead atoms. The van der Waals surface area contributed by atoms with Crippen LogP contribution in [-0.4, -0.2) is 32.3 Å². The normalized spacial score (nSPS) is 18.0. The van der Waals surface area contributed by atoms with Gasteiger partial charge in [0.25, 0.3) is 0 Å². The molecular formula is C18H19F3N4O2S. The Morgan fingerprint density at radius 1 is 1.21 bits per heavy atom. The second kappa shape index (κ2) is 7.31. The maximum atomic E-state index is 12.5. The van der Waals surface area contributed by atoms with Gasteiger partial charge in [-0.15, -0.1) is 23.4 Å². The molecule has 1 heterocycles. The molecule has 2 aromatic rings. The van der Waals surface area contributed by atoms with Crippen LogP contribution >= 0.6 is 11.8 Å². The van der Waals surface area contributed by atoms with Gasteiger partial charge in [-0.1, -0.05) is 11.8 Å². The average molecular weight is 412 g/mol. The molecular weight excluding hydrogens is 393 g/mol. The number of halogens is 3. The Balaban J connectivity index is 1.38. The molecule has 1 aromatic heterocycles. The van der Waals surface area contributed by atoms with Gasteiger partial charge in [-0.05, 0) is 56.9 Å². The van der Waals surface area contributed by atoms with E-state index in [1.165, 1.54) is 23.9 Å². The van der Waals surface area contributed by atoms with Gasteiger partial charge in [0.15, 0.2) is 5.16 Å². The van der Waals surface area contributed by atoms with Crippen molar-refractivity contribution in [3.63, 3.8) is 0 Å². The number of carbonyl (C=O) groups excluding carboxylic acids is 1. The smallest absolute Gasteiger partial charge is 0.406 e. The first-order valence-corrected chi connectivity index (χ1v) is 9.96. The van der Waals surface area contributed by atoms with Crippen molar-refractivity contribution in [2.75, 3.05) is 5.32 Å². The van der Waals surface area contributed by atoms with Crippen LogP contribution in [0.3, 0.4) is 0 Å². The number of hydrogen-bond donors (Lipinski definition) is 1. The van der Waals surface area contributed by atoms with Gasteiger partial charge in [0.1, 0.15) is 11.6 Å². The van der Waals surface area contributed by atoms with Crippen molar-refractivity contribution in [1.29, 1.82) is 0 Å². The number of anilines is 1. The number of aromatic nitrogens is 3. The van der Waals surface area contributed by atoms with E-state index in [4.69, 9.17) is 0 Å². The quantitative estimate of drug-likeness (QED) is 0.678. The third kappa shape index (κ3) is 4.60. The van der Waals surface area contributed by atoms with E-state index in [0.29, 0.717) is 17.6 Å². The predicted molar refractivity (Wildman–Crippen MR) is 97.3 cm³/mol. The highest BCUT2D eigenvalue weighted by atomic mass is 32.2. The second-order valence-electron chi connectivity index (χ2n) is 7.04. The van der Waals surface area contributed by atoms with E-state index in [1.54, 1.807) is 6.92 Å². The number of amides is 1. The number of ether oxygens (including phenoxy) is 1. The summed E-state index contributed by atoms with van der Waals surface area (Å²) in [6, 6.07) is 5.49. The summed E-state index contributed by atoms with van der Waals surface area (Å²) in [5, 5.41) is 11.6. The number of nitrogens with zero attached hydrogens (tertiary/aromatic N) is 3. The summed E-state index contributed by atoms with van der Waals surface area (Å²) in [6.07, 6.45) is -0.248. The minimum absolute atomic E-state index is 0.257. The fourth-order valence-corrected chi connectivity index (χ4v) is 3.79. The predicted octanol–water partition coefficient (Wildman–Crippen LogP) is 4.51. The molecule has 1 aromatic carbocycles. The van der Waals surface area contributed by atoms with Crippen LogP contribution in [0.2, 0.25) is 0 Å². The first-order chi connectivity index (χ1) is 13.3. The number of carbonyl (C=O) groups is 1. The van der Waals surface area contributed by atoms with Gasteiger partial charge < -0.3 is 14.6 Å². The van der Waals surface area contributed by atoms with Crippen molar-refractivity contribution in [2.24, 2.45) is 0 Å². The molecule has 0 radical (unpaired) electrons. The lowest BCUT2D eigenvalue weighted by Gasteiger charge is -2.14. The molecule has 0 saturated heterocycles. The number of thioether (sulfide) groups is 1. The van der Waals surface area contributed by atoms with Gasteiger partial charge in [-0.2, -0.15) is 0 Å². The number of hydrogen-bond acceptors (Lipinski definition) is 5. The molecule has 1 amide bonds. The van der Waals surface area contributed by atoms with Crippen molar-refractivity contribution >= 4 is 23.4 Å². The lowest BCUT2D eigenvalue weighted by atomic mass is 10.3. The molecule has 150 valence electrons. The number of alkyl halides is 3.